The lowest BCUT2D eigenvalue weighted by atomic mass is 9.99. The molecule has 0 amide bonds. The number of benzene rings is 2. The Labute approximate surface area is 187 Å². The first-order valence-corrected chi connectivity index (χ1v) is 9.55. The molecule has 0 spiro atoms. The van der Waals surface area contributed by atoms with Gasteiger partial charge < -0.3 is 0 Å². The Bertz CT molecular complexity index is 1290. The van der Waals surface area contributed by atoms with Crippen molar-refractivity contribution in [2.45, 2.75) is 12.4 Å². The second-order valence-electron chi connectivity index (χ2n) is 6.96. The summed E-state index contributed by atoms with van der Waals surface area (Å²) in [6.07, 6.45) is -4.86. The average Bonchev–Trinajstić information content (AvgIpc) is 3.22. The van der Waals surface area contributed by atoms with Crippen molar-refractivity contribution in [3.63, 3.8) is 0 Å². The number of imidazole rings is 1. The van der Waals surface area contributed by atoms with Crippen LogP contribution in [0.15, 0.2) is 67.4 Å². The third-order valence-electron chi connectivity index (χ3n) is 4.81. The molecule has 0 unspecified atom stereocenters. The first-order chi connectivity index (χ1) is 15.4. The van der Waals surface area contributed by atoms with Gasteiger partial charge in [-0.15, -0.1) is 0 Å². The molecule has 0 saturated carbocycles. The van der Waals surface area contributed by atoms with Crippen LogP contribution in [0.25, 0.3) is 28.1 Å². The molecule has 0 bridgehead atoms. The smallest absolute Gasteiger partial charge is 0.299 e. The molecule has 3 nitrogen and oxygen atoms in total. The summed E-state index contributed by atoms with van der Waals surface area (Å²) in [6.45, 7) is 0. The minimum Gasteiger partial charge on any atom is -0.299 e. The van der Waals surface area contributed by atoms with Gasteiger partial charge in [-0.05, 0) is 48.0 Å². The monoisotopic (exact) mass is 485 g/mol. The lowest BCUT2D eigenvalue weighted by Crippen LogP contribution is -2.12. The van der Waals surface area contributed by atoms with E-state index in [1.807, 2.05) is 0 Å². The van der Waals surface area contributed by atoms with Crippen LogP contribution in [0.2, 0.25) is 5.02 Å². The normalized spacial score (nSPS) is 12.2. The molecule has 0 N–H and O–H groups in total. The molecule has 0 aliphatic carbocycles. The van der Waals surface area contributed by atoms with Gasteiger partial charge in [-0.3, -0.25) is 9.55 Å². The zero-order valence-electron chi connectivity index (χ0n) is 16.2. The number of halogens is 8. The van der Waals surface area contributed by atoms with E-state index in [2.05, 4.69) is 9.97 Å². The van der Waals surface area contributed by atoms with Crippen molar-refractivity contribution < 1.29 is 30.7 Å². The van der Waals surface area contributed by atoms with E-state index in [9.17, 15) is 30.7 Å². The average molecular weight is 486 g/mol. The quantitative estimate of drug-likeness (QED) is 0.282. The fourth-order valence-corrected chi connectivity index (χ4v) is 3.59. The molecular weight excluding hydrogens is 475 g/mol. The molecule has 0 aliphatic heterocycles. The van der Waals surface area contributed by atoms with E-state index in [0.717, 1.165) is 17.0 Å². The second kappa shape index (κ2) is 8.18. The summed E-state index contributed by atoms with van der Waals surface area (Å²) in [4.78, 5) is 7.91. The van der Waals surface area contributed by atoms with E-state index in [-0.39, 0.29) is 16.8 Å². The fourth-order valence-electron chi connectivity index (χ4n) is 3.32. The van der Waals surface area contributed by atoms with Gasteiger partial charge in [0.05, 0.1) is 34.4 Å². The highest BCUT2D eigenvalue weighted by Gasteiger charge is 2.37. The van der Waals surface area contributed by atoms with Crippen LogP contribution < -0.4 is 0 Å². The lowest BCUT2D eigenvalue weighted by Gasteiger charge is -2.17. The van der Waals surface area contributed by atoms with Gasteiger partial charge in [0.25, 0.3) is 0 Å². The zero-order valence-corrected chi connectivity index (χ0v) is 17.0. The zero-order chi connectivity index (χ0) is 24.0. The SMILES string of the molecule is Fc1ccc(-c2ccncc2-c2cncn2-c2cc(C(F)(F)F)cc(C(F)(F)F)c2)c(Cl)c1. The molecule has 4 aromatic rings. The van der Waals surface area contributed by atoms with Crippen LogP contribution in [0.1, 0.15) is 11.1 Å². The maximum atomic E-state index is 13.5. The number of pyridine rings is 1. The summed E-state index contributed by atoms with van der Waals surface area (Å²) in [6, 6.07) is 6.45. The number of aromatic nitrogens is 3. The summed E-state index contributed by atoms with van der Waals surface area (Å²) >= 11 is 6.16. The first-order valence-electron chi connectivity index (χ1n) is 9.17. The summed E-state index contributed by atoms with van der Waals surface area (Å²) in [5.74, 6) is -0.576. The Morgan fingerprint density at radius 2 is 1.39 bits per heavy atom. The van der Waals surface area contributed by atoms with Crippen LogP contribution in [0.5, 0.6) is 0 Å². The van der Waals surface area contributed by atoms with E-state index in [4.69, 9.17) is 11.6 Å². The van der Waals surface area contributed by atoms with Crippen molar-refractivity contribution in [1.29, 1.82) is 0 Å². The number of hydrogen-bond donors (Lipinski definition) is 0. The molecule has 0 saturated heterocycles. The summed E-state index contributed by atoms with van der Waals surface area (Å²) < 4.78 is 94.5. The van der Waals surface area contributed by atoms with Gasteiger partial charge in [-0.1, -0.05) is 11.6 Å². The van der Waals surface area contributed by atoms with Crippen LogP contribution in [0.3, 0.4) is 0 Å². The second-order valence-corrected chi connectivity index (χ2v) is 7.37. The minimum atomic E-state index is -5.00. The Morgan fingerprint density at radius 1 is 0.727 bits per heavy atom. The summed E-state index contributed by atoms with van der Waals surface area (Å²) in [7, 11) is 0. The van der Waals surface area contributed by atoms with Gasteiger partial charge in [0.2, 0.25) is 0 Å². The van der Waals surface area contributed by atoms with E-state index < -0.39 is 35.0 Å². The van der Waals surface area contributed by atoms with E-state index in [1.54, 1.807) is 6.07 Å². The predicted molar refractivity (Wildman–Crippen MR) is 107 cm³/mol. The highest BCUT2D eigenvalue weighted by Crippen LogP contribution is 2.40. The van der Waals surface area contributed by atoms with Crippen LogP contribution in [-0.2, 0) is 12.4 Å². The Morgan fingerprint density at radius 3 is 2.00 bits per heavy atom. The third-order valence-corrected chi connectivity index (χ3v) is 5.12. The van der Waals surface area contributed by atoms with Crippen molar-refractivity contribution in [3.05, 3.63) is 89.3 Å². The number of rotatable bonds is 3. The number of hydrogen-bond acceptors (Lipinski definition) is 2. The predicted octanol–water partition coefficient (Wildman–Crippen LogP) is 7.43. The summed E-state index contributed by atoms with van der Waals surface area (Å²) in [5, 5.41) is 0.0620. The molecule has 0 fully saturated rings. The molecule has 0 aliphatic rings. The third kappa shape index (κ3) is 4.56. The van der Waals surface area contributed by atoms with E-state index >= 15 is 0 Å². The molecule has 11 heteroatoms. The molecule has 0 radical (unpaired) electrons. The van der Waals surface area contributed by atoms with Gasteiger partial charge in [0, 0.05) is 29.2 Å². The van der Waals surface area contributed by atoms with Crippen LogP contribution >= 0.6 is 11.6 Å². The van der Waals surface area contributed by atoms with E-state index in [0.29, 0.717) is 28.8 Å². The summed E-state index contributed by atoms with van der Waals surface area (Å²) in [5.41, 5.74) is -2.02. The molecule has 2 heterocycles. The van der Waals surface area contributed by atoms with Crippen molar-refractivity contribution in [3.8, 4) is 28.1 Å². The Kier molecular flexibility index (Phi) is 5.65. The molecular formula is C22H11ClF7N3. The molecule has 2 aromatic carbocycles. The Hall–Kier alpha value is -3.40. The molecule has 33 heavy (non-hydrogen) atoms. The number of nitrogens with zero attached hydrogens (tertiary/aromatic N) is 3. The van der Waals surface area contributed by atoms with Gasteiger partial charge in [0.15, 0.2) is 0 Å². The van der Waals surface area contributed by atoms with Crippen molar-refractivity contribution in [2.75, 3.05) is 0 Å². The van der Waals surface area contributed by atoms with Crippen LogP contribution in [-0.4, -0.2) is 14.5 Å². The molecule has 2 aromatic heterocycles. The van der Waals surface area contributed by atoms with Crippen molar-refractivity contribution in [1.82, 2.24) is 14.5 Å². The van der Waals surface area contributed by atoms with Gasteiger partial charge >= 0.3 is 12.4 Å². The van der Waals surface area contributed by atoms with Crippen LogP contribution in [0, 0.1) is 5.82 Å². The fraction of sp³-hybridized carbons (Fsp3) is 0.0909. The van der Waals surface area contributed by atoms with E-state index in [1.165, 1.54) is 30.7 Å². The number of alkyl halides is 6. The largest absolute Gasteiger partial charge is 0.416 e. The van der Waals surface area contributed by atoms with Gasteiger partial charge in [-0.25, -0.2) is 9.37 Å². The molecule has 4 rings (SSSR count). The molecule has 170 valence electrons. The first kappa shape index (κ1) is 22.8. The van der Waals surface area contributed by atoms with Gasteiger partial charge in [-0.2, -0.15) is 26.3 Å². The minimum absolute atomic E-state index is 0.0495. The van der Waals surface area contributed by atoms with Crippen molar-refractivity contribution in [2.24, 2.45) is 0 Å². The molecule has 0 atom stereocenters. The highest BCUT2D eigenvalue weighted by molar-refractivity contribution is 6.33. The maximum absolute atomic E-state index is 13.5. The van der Waals surface area contributed by atoms with Crippen molar-refractivity contribution >= 4 is 11.6 Å². The van der Waals surface area contributed by atoms with Gasteiger partial charge in [0.1, 0.15) is 5.82 Å². The maximum Gasteiger partial charge on any atom is 0.416 e. The van der Waals surface area contributed by atoms with Crippen LogP contribution in [0.4, 0.5) is 30.7 Å². The highest BCUT2D eigenvalue weighted by atomic mass is 35.5. The lowest BCUT2D eigenvalue weighted by molar-refractivity contribution is -0.143. The topological polar surface area (TPSA) is 30.7 Å². The standard InChI is InChI=1S/C22H11ClF7N3/c23-19-8-14(24)1-2-17(19)16-3-4-31-9-18(16)20-10-32-11-33(20)15-6-12(21(25,26)27)5-13(7-15)22(28,29)30/h1-11H. The Balaban J connectivity index is 1.93.